The van der Waals surface area contributed by atoms with Gasteiger partial charge in [0, 0.05) is 28.0 Å². The zero-order valence-corrected chi connectivity index (χ0v) is 13.7. The quantitative estimate of drug-likeness (QED) is 0.600. The molecule has 0 bridgehead atoms. The number of nitrogens with zero attached hydrogens (tertiary/aromatic N) is 1. The number of hydrogen-bond donors (Lipinski definition) is 2. The average molecular weight is 392 g/mol. The predicted molar refractivity (Wildman–Crippen MR) is 83.8 cm³/mol. The van der Waals surface area contributed by atoms with Crippen molar-refractivity contribution in [1.82, 2.24) is 0 Å². The molecule has 0 atom stereocenters. The number of thiophene rings is 1. The zero-order chi connectivity index (χ0) is 15.6. The first-order chi connectivity index (χ1) is 9.83. The van der Waals surface area contributed by atoms with Gasteiger partial charge in [0.2, 0.25) is 0 Å². The molecule has 10 heteroatoms. The third-order valence-electron chi connectivity index (χ3n) is 2.51. The minimum atomic E-state index is -3.81. The smallest absolute Gasteiger partial charge is 0.271 e. The monoisotopic (exact) mass is 391 g/mol. The van der Waals surface area contributed by atoms with Gasteiger partial charge in [-0.05, 0) is 34.1 Å². The minimum absolute atomic E-state index is 0.0985. The molecule has 21 heavy (non-hydrogen) atoms. The fourth-order valence-electron chi connectivity index (χ4n) is 1.51. The van der Waals surface area contributed by atoms with Crippen LogP contribution in [0.4, 0.5) is 11.4 Å². The van der Waals surface area contributed by atoms with Gasteiger partial charge in [0.25, 0.3) is 15.7 Å². The van der Waals surface area contributed by atoms with E-state index in [2.05, 4.69) is 20.7 Å². The number of nitro benzene ring substituents is 1. The highest BCUT2D eigenvalue weighted by atomic mass is 79.9. The number of nitrogens with one attached hydrogen (secondary N) is 1. The molecule has 0 aliphatic carbocycles. The third-order valence-corrected chi connectivity index (χ3v) is 6.16. The largest absolute Gasteiger partial charge is 0.326 e. The Morgan fingerprint density at radius 2 is 2.05 bits per heavy atom. The number of halogens is 1. The van der Waals surface area contributed by atoms with E-state index in [-0.39, 0.29) is 22.1 Å². The summed E-state index contributed by atoms with van der Waals surface area (Å²) in [6.07, 6.45) is 0. The first kappa shape index (κ1) is 15.9. The third kappa shape index (κ3) is 3.59. The fourth-order valence-corrected chi connectivity index (χ4v) is 4.29. The molecule has 0 aliphatic rings. The van der Waals surface area contributed by atoms with E-state index in [1.165, 1.54) is 18.2 Å². The first-order valence-electron chi connectivity index (χ1n) is 5.59. The molecule has 0 amide bonds. The Balaban J connectivity index is 2.36. The van der Waals surface area contributed by atoms with E-state index in [9.17, 15) is 18.5 Å². The van der Waals surface area contributed by atoms with E-state index in [1.54, 1.807) is 6.07 Å². The summed E-state index contributed by atoms with van der Waals surface area (Å²) in [5.74, 6) is 0. The van der Waals surface area contributed by atoms with Crippen LogP contribution in [-0.4, -0.2) is 13.3 Å². The fraction of sp³-hybridized carbons (Fsp3) is 0.0909. The Bertz CT molecular complexity index is 789. The molecule has 1 aromatic heterocycles. The predicted octanol–water partition coefficient (Wildman–Crippen LogP) is 2.68. The van der Waals surface area contributed by atoms with Crippen LogP contribution in [-0.2, 0) is 16.6 Å². The van der Waals surface area contributed by atoms with Crippen LogP contribution in [0.25, 0.3) is 0 Å². The van der Waals surface area contributed by atoms with Crippen molar-refractivity contribution in [3.63, 3.8) is 0 Å². The minimum Gasteiger partial charge on any atom is -0.326 e. The van der Waals surface area contributed by atoms with Gasteiger partial charge in [-0.3, -0.25) is 14.8 Å². The lowest BCUT2D eigenvalue weighted by atomic mass is 10.3. The Morgan fingerprint density at radius 3 is 2.62 bits per heavy atom. The van der Waals surface area contributed by atoms with Crippen LogP contribution in [0.15, 0.2) is 39.0 Å². The highest BCUT2D eigenvalue weighted by Gasteiger charge is 2.19. The molecule has 3 N–H and O–H groups in total. The molecule has 7 nitrogen and oxygen atoms in total. The lowest BCUT2D eigenvalue weighted by molar-refractivity contribution is -0.384. The average Bonchev–Trinajstić information content (AvgIpc) is 2.90. The summed E-state index contributed by atoms with van der Waals surface area (Å²) in [6.45, 7) is 0.251. The van der Waals surface area contributed by atoms with Crippen molar-refractivity contribution in [2.45, 2.75) is 10.8 Å². The van der Waals surface area contributed by atoms with Gasteiger partial charge in [-0.2, -0.15) is 0 Å². The van der Waals surface area contributed by atoms with E-state index < -0.39 is 14.9 Å². The van der Waals surface area contributed by atoms with E-state index in [0.29, 0.717) is 4.47 Å². The topological polar surface area (TPSA) is 115 Å². The first-order valence-corrected chi connectivity index (χ1v) is 8.68. The maximum Gasteiger partial charge on any atom is 0.271 e. The molecular formula is C11H10BrN3O4S2. The normalized spacial score (nSPS) is 11.3. The summed E-state index contributed by atoms with van der Waals surface area (Å²) < 4.78 is 27.3. The van der Waals surface area contributed by atoms with E-state index in [0.717, 1.165) is 22.3 Å². The molecule has 0 fully saturated rings. The maximum absolute atomic E-state index is 12.2. The summed E-state index contributed by atoms with van der Waals surface area (Å²) in [5.41, 5.74) is 5.35. The summed E-state index contributed by atoms with van der Waals surface area (Å²) >= 11 is 4.21. The van der Waals surface area contributed by atoms with Gasteiger partial charge in [0.05, 0.1) is 10.6 Å². The molecule has 0 aliphatic heterocycles. The van der Waals surface area contributed by atoms with Crippen molar-refractivity contribution >= 4 is 48.7 Å². The number of non-ortho nitro benzene ring substituents is 1. The van der Waals surface area contributed by atoms with Gasteiger partial charge >= 0.3 is 0 Å². The van der Waals surface area contributed by atoms with Crippen LogP contribution in [0.3, 0.4) is 0 Å². The Morgan fingerprint density at radius 1 is 1.33 bits per heavy atom. The molecule has 0 saturated carbocycles. The van der Waals surface area contributed by atoms with Crippen molar-refractivity contribution in [2.24, 2.45) is 5.73 Å². The lowest BCUT2D eigenvalue weighted by Crippen LogP contribution is -2.12. The summed E-state index contributed by atoms with van der Waals surface area (Å²) in [7, 11) is -3.81. The van der Waals surface area contributed by atoms with Crippen LogP contribution in [0.1, 0.15) is 4.88 Å². The molecular weight excluding hydrogens is 382 g/mol. The van der Waals surface area contributed by atoms with Gasteiger partial charge in [-0.25, -0.2) is 8.42 Å². The molecule has 2 rings (SSSR count). The van der Waals surface area contributed by atoms with Gasteiger partial charge in [-0.1, -0.05) is 0 Å². The van der Waals surface area contributed by atoms with Crippen molar-refractivity contribution in [3.05, 3.63) is 49.8 Å². The second-order valence-electron chi connectivity index (χ2n) is 3.95. The van der Waals surface area contributed by atoms with Crippen LogP contribution in [0.5, 0.6) is 0 Å². The van der Waals surface area contributed by atoms with Crippen LogP contribution >= 0.6 is 27.3 Å². The van der Waals surface area contributed by atoms with Gasteiger partial charge in [-0.15, -0.1) is 11.3 Å². The molecule has 0 radical (unpaired) electrons. The lowest BCUT2D eigenvalue weighted by Gasteiger charge is -2.08. The second-order valence-corrected chi connectivity index (χ2v) is 7.88. The number of sulfonamides is 1. The SMILES string of the molecule is NCc1ccc(S(=O)(=O)Nc2cc([N+](=O)[O-])ccc2Br)s1. The van der Waals surface area contributed by atoms with Gasteiger partial charge in [0.1, 0.15) is 4.21 Å². The Hall–Kier alpha value is -1.49. The second kappa shape index (κ2) is 6.10. The molecule has 2 aromatic rings. The molecule has 112 valence electrons. The molecule has 1 heterocycles. The molecule has 0 spiro atoms. The molecule has 0 unspecified atom stereocenters. The highest BCUT2D eigenvalue weighted by Crippen LogP contribution is 2.30. The highest BCUT2D eigenvalue weighted by molar-refractivity contribution is 9.10. The number of anilines is 1. The standard InChI is InChI=1S/C11H10BrN3O4S2/c12-9-3-1-7(15(16)17)5-10(9)14-21(18,19)11-4-2-8(6-13)20-11/h1-5,14H,6,13H2. The van der Waals surface area contributed by atoms with Crippen molar-refractivity contribution < 1.29 is 13.3 Å². The van der Waals surface area contributed by atoms with Crippen molar-refractivity contribution in [3.8, 4) is 0 Å². The van der Waals surface area contributed by atoms with Crippen LogP contribution in [0.2, 0.25) is 0 Å². The van der Waals surface area contributed by atoms with E-state index >= 15 is 0 Å². The summed E-state index contributed by atoms with van der Waals surface area (Å²) in [5, 5.41) is 10.7. The molecule has 1 aromatic carbocycles. The van der Waals surface area contributed by atoms with E-state index in [4.69, 9.17) is 5.73 Å². The van der Waals surface area contributed by atoms with Gasteiger partial charge in [0.15, 0.2) is 0 Å². The van der Waals surface area contributed by atoms with Crippen LogP contribution in [0, 0.1) is 10.1 Å². The van der Waals surface area contributed by atoms with E-state index in [1.807, 2.05) is 0 Å². The Labute approximate surface area is 133 Å². The van der Waals surface area contributed by atoms with Crippen molar-refractivity contribution in [2.75, 3.05) is 4.72 Å². The summed E-state index contributed by atoms with van der Waals surface area (Å²) in [6, 6.07) is 6.91. The van der Waals surface area contributed by atoms with Gasteiger partial charge < -0.3 is 5.73 Å². The number of hydrogen-bond acceptors (Lipinski definition) is 6. The Kier molecular flexibility index (Phi) is 4.61. The number of nitro groups is 1. The number of nitrogens with two attached hydrogens (primary N) is 1. The van der Waals surface area contributed by atoms with Crippen LogP contribution < -0.4 is 10.5 Å². The molecule has 0 saturated heterocycles. The summed E-state index contributed by atoms with van der Waals surface area (Å²) in [4.78, 5) is 10.9. The maximum atomic E-state index is 12.2. The van der Waals surface area contributed by atoms with Crippen molar-refractivity contribution in [1.29, 1.82) is 0 Å². The zero-order valence-electron chi connectivity index (χ0n) is 10.4. The number of rotatable bonds is 5. The number of benzene rings is 1.